The molecule has 0 aliphatic rings. The van der Waals surface area contributed by atoms with Crippen LogP contribution < -0.4 is 4.74 Å². The van der Waals surface area contributed by atoms with Crippen molar-refractivity contribution < 1.29 is 14.3 Å². The minimum atomic E-state index is -0.597. The van der Waals surface area contributed by atoms with Gasteiger partial charge < -0.3 is 9.47 Å². The zero-order valence-electron chi connectivity index (χ0n) is 15.9. The molecular formula is C23H18BrN3O3. The Morgan fingerprint density at radius 1 is 0.900 bits per heavy atom. The average molecular weight is 464 g/mol. The number of carbonyl (C=O) groups excluding carboxylic acids is 1. The summed E-state index contributed by atoms with van der Waals surface area (Å²) in [5, 5.41) is 4.39. The van der Waals surface area contributed by atoms with Crippen molar-refractivity contribution in [3.05, 3.63) is 95.2 Å². The Balaban J connectivity index is 1.48. The summed E-state index contributed by atoms with van der Waals surface area (Å²) in [6.07, 6.45) is 0. The van der Waals surface area contributed by atoms with Crippen molar-refractivity contribution in [2.45, 2.75) is 0 Å². The molecule has 7 heteroatoms. The topological polar surface area (TPSA) is 66.2 Å². The molecule has 1 aromatic heterocycles. The van der Waals surface area contributed by atoms with Crippen LogP contribution in [0.3, 0.4) is 0 Å². The second kappa shape index (κ2) is 9.37. The normalized spacial score (nSPS) is 10.6. The second-order valence-corrected chi connectivity index (χ2v) is 7.23. The maximum Gasteiger partial charge on any atom is 0.378 e. The van der Waals surface area contributed by atoms with Crippen molar-refractivity contribution in [1.82, 2.24) is 14.8 Å². The molecule has 0 N–H and O–H groups in total. The summed E-state index contributed by atoms with van der Waals surface area (Å²) in [6.45, 7) is 0.318. The quantitative estimate of drug-likeness (QED) is 0.287. The highest BCUT2D eigenvalue weighted by atomic mass is 79.9. The first-order chi connectivity index (χ1) is 14.7. The fraction of sp³-hybridized carbons (Fsp3) is 0.0870. The first-order valence-corrected chi connectivity index (χ1v) is 10.1. The molecule has 0 spiro atoms. The molecule has 1 heterocycles. The standard InChI is InChI=1S/C23H18BrN3O3/c24-18-10-7-13-20(16-18)29-14-15-30-23(28)21-25-22(17-8-3-1-4-9-17)27(26-21)19-11-5-2-6-12-19/h1-13,16H,14-15H2. The molecule has 0 fully saturated rings. The number of halogens is 1. The highest BCUT2D eigenvalue weighted by molar-refractivity contribution is 9.10. The van der Waals surface area contributed by atoms with E-state index in [-0.39, 0.29) is 19.0 Å². The maximum absolute atomic E-state index is 12.5. The number of aromatic nitrogens is 3. The van der Waals surface area contributed by atoms with E-state index in [4.69, 9.17) is 9.47 Å². The molecule has 150 valence electrons. The predicted molar refractivity (Wildman–Crippen MR) is 117 cm³/mol. The number of esters is 1. The molecule has 30 heavy (non-hydrogen) atoms. The molecule has 4 rings (SSSR count). The van der Waals surface area contributed by atoms with E-state index >= 15 is 0 Å². The number of ether oxygens (including phenoxy) is 2. The monoisotopic (exact) mass is 463 g/mol. The predicted octanol–water partition coefficient (Wildman–Crippen LogP) is 4.93. The summed E-state index contributed by atoms with van der Waals surface area (Å²) in [5.41, 5.74) is 1.66. The average Bonchev–Trinajstić information content (AvgIpc) is 3.24. The minimum absolute atomic E-state index is 0.000150. The van der Waals surface area contributed by atoms with Gasteiger partial charge in [0.05, 0.1) is 5.69 Å². The van der Waals surface area contributed by atoms with Gasteiger partial charge in [-0.05, 0) is 30.3 Å². The van der Waals surface area contributed by atoms with Crippen LogP contribution in [0.25, 0.3) is 17.1 Å². The minimum Gasteiger partial charge on any atom is -0.490 e. The molecule has 0 atom stereocenters. The van der Waals surface area contributed by atoms with Gasteiger partial charge >= 0.3 is 5.97 Å². The summed E-state index contributed by atoms with van der Waals surface area (Å²) in [4.78, 5) is 17.0. The smallest absolute Gasteiger partial charge is 0.378 e. The van der Waals surface area contributed by atoms with E-state index in [1.54, 1.807) is 4.68 Å². The van der Waals surface area contributed by atoms with Crippen molar-refractivity contribution >= 4 is 21.9 Å². The molecule has 0 bridgehead atoms. The van der Waals surface area contributed by atoms with Crippen molar-refractivity contribution in [1.29, 1.82) is 0 Å². The number of benzene rings is 3. The van der Waals surface area contributed by atoms with E-state index in [1.165, 1.54) is 0 Å². The van der Waals surface area contributed by atoms with Gasteiger partial charge in [-0.15, -0.1) is 5.10 Å². The van der Waals surface area contributed by atoms with E-state index in [0.29, 0.717) is 11.6 Å². The van der Waals surface area contributed by atoms with Gasteiger partial charge in [0.1, 0.15) is 19.0 Å². The molecule has 0 unspecified atom stereocenters. The van der Waals surface area contributed by atoms with Gasteiger partial charge in [-0.1, -0.05) is 70.5 Å². The zero-order valence-corrected chi connectivity index (χ0v) is 17.5. The van der Waals surface area contributed by atoms with Crippen molar-refractivity contribution in [3.8, 4) is 22.8 Å². The number of carbonyl (C=O) groups is 1. The number of rotatable bonds is 7. The SMILES string of the molecule is O=C(OCCOc1cccc(Br)c1)c1nc(-c2ccccc2)n(-c2ccccc2)n1. The third kappa shape index (κ3) is 4.75. The molecule has 0 saturated carbocycles. The van der Waals surface area contributed by atoms with Gasteiger partial charge in [0.25, 0.3) is 5.82 Å². The third-order valence-corrected chi connectivity index (χ3v) is 4.70. The summed E-state index contributed by atoms with van der Waals surface area (Å²) in [6, 6.07) is 26.6. The molecule has 6 nitrogen and oxygen atoms in total. The van der Waals surface area contributed by atoms with Crippen LogP contribution in [0.4, 0.5) is 0 Å². The van der Waals surface area contributed by atoms with Gasteiger partial charge in [0.2, 0.25) is 0 Å². The largest absolute Gasteiger partial charge is 0.490 e. The van der Waals surface area contributed by atoms with E-state index in [9.17, 15) is 4.79 Å². The lowest BCUT2D eigenvalue weighted by Gasteiger charge is -2.06. The lowest BCUT2D eigenvalue weighted by atomic mass is 10.2. The molecule has 0 saturated heterocycles. The Morgan fingerprint density at radius 3 is 2.37 bits per heavy atom. The van der Waals surface area contributed by atoms with Gasteiger partial charge in [-0.25, -0.2) is 14.5 Å². The Hall–Kier alpha value is -3.45. The number of para-hydroxylation sites is 1. The molecule has 3 aromatic carbocycles. The number of hydrogen-bond donors (Lipinski definition) is 0. The fourth-order valence-electron chi connectivity index (χ4n) is 2.84. The van der Waals surface area contributed by atoms with Crippen molar-refractivity contribution in [2.75, 3.05) is 13.2 Å². The molecular weight excluding hydrogens is 446 g/mol. The molecule has 0 aliphatic carbocycles. The van der Waals surface area contributed by atoms with Crippen molar-refractivity contribution in [2.24, 2.45) is 0 Å². The zero-order chi connectivity index (χ0) is 20.8. The molecule has 0 amide bonds. The van der Waals surface area contributed by atoms with Crippen LogP contribution in [0.2, 0.25) is 0 Å². The highest BCUT2D eigenvalue weighted by Gasteiger charge is 2.19. The third-order valence-electron chi connectivity index (χ3n) is 4.20. The van der Waals surface area contributed by atoms with Crippen LogP contribution in [0.1, 0.15) is 10.6 Å². The Morgan fingerprint density at radius 2 is 1.63 bits per heavy atom. The summed E-state index contributed by atoms with van der Waals surface area (Å²) >= 11 is 3.39. The van der Waals surface area contributed by atoms with Gasteiger partial charge in [-0.3, -0.25) is 0 Å². The molecule has 0 aliphatic heterocycles. The molecule has 4 aromatic rings. The van der Waals surface area contributed by atoms with E-state index in [0.717, 1.165) is 15.7 Å². The van der Waals surface area contributed by atoms with Crippen LogP contribution in [-0.2, 0) is 4.74 Å². The summed E-state index contributed by atoms with van der Waals surface area (Å²) < 4.78 is 13.5. The molecule has 0 radical (unpaired) electrons. The summed E-state index contributed by atoms with van der Waals surface area (Å²) in [7, 11) is 0. The van der Waals surface area contributed by atoms with Gasteiger partial charge in [-0.2, -0.15) is 0 Å². The van der Waals surface area contributed by atoms with Gasteiger partial charge in [0.15, 0.2) is 5.82 Å². The van der Waals surface area contributed by atoms with E-state index < -0.39 is 5.97 Å². The van der Waals surface area contributed by atoms with E-state index in [1.807, 2.05) is 84.9 Å². The van der Waals surface area contributed by atoms with Crippen LogP contribution in [-0.4, -0.2) is 33.9 Å². The first kappa shape index (κ1) is 19.8. The second-order valence-electron chi connectivity index (χ2n) is 6.31. The Labute approximate surface area is 182 Å². The first-order valence-electron chi connectivity index (χ1n) is 9.34. The summed E-state index contributed by atoms with van der Waals surface area (Å²) in [5.74, 6) is 0.664. The van der Waals surface area contributed by atoms with Gasteiger partial charge in [0, 0.05) is 10.0 Å². The van der Waals surface area contributed by atoms with Crippen LogP contribution in [0.5, 0.6) is 5.75 Å². The lowest BCUT2D eigenvalue weighted by molar-refractivity contribution is 0.0436. The van der Waals surface area contributed by atoms with Crippen molar-refractivity contribution in [3.63, 3.8) is 0 Å². The maximum atomic E-state index is 12.5. The van der Waals surface area contributed by atoms with E-state index in [2.05, 4.69) is 26.0 Å². The Kier molecular flexibility index (Phi) is 6.20. The van der Waals surface area contributed by atoms with Crippen LogP contribution >= 0.6 is 15.9 Å². The number of nitrogens with zero attached hydrogens (tertiary/aromatic N) is 3. The van der Waals surface area contributed by atoms with Crippen LogP contribution in [0.15, 0.2) is 89.4 Å². The number of hydrogen-bond acceptors (Lipinski definition) is 5. The lowest BCUT2D eigenvalue weighted by Crippen LogP contribution is -2.14. The highest BCUT2D eigenvalue weighted by Crippen LogP contribution is 2.21. The fourth-order valence-corrected chi connectivity index (χ4v) is 3.22. The Bertz CT molecular complexity index is 1070. The van der Waals surface area contributed by atoms with Crippen LogP contribution in [0, 0.1) is 0 Å².